The van der Waals surface area contributed by atoms with Crippen LogP contribution in [0.5, 0.6) is 0 Å². The van der Waals surface area contributed by atoms with E-state index in [1.54, 1.807) is 6.08 Å². The number of hydrogen-bond donors (Lipinski definition) is 5. The predicted molar refractivity (Wildman–Crippen MR) is 78.3 cm³/mol. The Morgan fingerprint density at radius 3 is 2.40 bits per heavy atom. The lowest BCUT2D eigenvalue weighted by Gasteiger charge is -2.39. The molecule has 0 aromatic rings. The van der Waals surface area contributed by atoms with Crippen LogP contribution in [-0.4, -0.2) is 57.4 Å². The highest BCUT2D eigenvalue weighted by molar-refractivity contribution is 5.07. The molecule has 1 fully saturated rings. The minimum atomic E-state index is -1.34. The predicted octanol–water partition coefficient (Wildman–Crippen LogP) is 0.318. The van der Waals surface area contributed by atoms with Crippen molar-refractivity contribution in [2.75, 3.05) is 6.61 Å². The molecule has 20 heavy (non-hydrogen) atoms. The number of nitrogens with one attached hydrogen (secondary N) is 1. The van der Waals surface area contributed by atoms with Crippen LogP contribution < -0.4 is 5.31 Å². The van der Waals surface area contributed by atoms with Crippen molar-refractivity contribution in [1.29, 1.82) is 0 Å². The summed E-state index contributed by atoms with van der Waals surface area (Å²) in [4.78, 5) is 0. The fourth-order valence-corrected chi connectivity index (χ4v) is 2.45. The molecule has 0 aromatic carbocycles. The van der Waals surface area contributed by atoms with Gasteiger partial charge in [0.15, 0.2) is 0 Å². The average Bonchev–Trinajstić information content (AvgIpc) is 2.48. The molecular weight excluding hydrogens is 258 g/mol. The van der Waals surface area contributed by atoms with Gasteiger partial charge in [-0.25, -0.2) is 0 Å². The third-order valence-electron chi connectivity index (χ3n) is 3.80. The third kappa shape index (κ3) is 5.14. The van der Waals surface area contributed by atoms with Gasteiger partial charge in [-0.3, -0.25) is 0 Å². The summed E-state index contributed by atoms with van der Waals surface area (Å²) in [7, 11) is 0. The van der Waals surface area contributed by atoms with E-state index in [1.807, 2.05) is 6.08 Å². The number of piperidine rings is 1. The fraction of sp³-hybridized carbons (Fsp3) is 0.867. The molecule has 1 saturated heterocycles. The van der Waals surface area contributed by atoms with Gasteiger partial charge in [0, 0.05) is 0 Å². The van der Waals surface area contributed by atoms with E-state index in [2.05, 4.69) is 6.92 Å². The highest BCUT2D eigenvalue weighted by Gasteiger charge is 2.40. The molecule has 0 aliphatic carbocycles. The van der Waals surface area contributed by atoms with Crippen LogP contribution in [-0.2, 0) is 0 Å². The van der Waals surface area contributed by atoms with Crippen LogP contribution in [0.1, 0.15) is 45.4 Å². The molecule has 118 valence electrons. The molecule has 5 N–H and O–H groups in total. The standard InChI is InChI=1S/C15H29NO4/c1-2-3-4-5-6-7-8-9-11-13(18)15(20)14(19)12(10-17)16-11/h8-9,11-20H,2-7,10H2,1H3/t11?,12-,13+,14-,15-/m1/s1/i/hD. The lowest BCUT2D eigenvalue weighted by molar-refractivity contribution is -0.112. The van der Waals surface area contributed by atoms with E-state index in [4.69, 9.17) is 1.41 Å². The lowest BCUT2D eigenvalue weighted by Crippen LogP contribution is -2.65. The number of hydrogen-bond acceptors (Lipinski definition) is 5. The van der Waals surface area contributed by atoms with Crippen LogP contribution in [0.2, 0.25) is 1.41 Å². The molecule has 5 heteroatoms. The van der Waals surface area contributed by atoms with Gasteiger partial charge in [-0.15, -0.1) is 0 Å². The molecule has 5 atom stereocenters. The molecule has 0 radical (unpaired) electrons. The van der Waals surface area contributed by atoms with Gasteiger partial charge in [-0.2, -0.15) is 0 Å². The second-order valence-corrected chi connectivity index (χ2v) is 5.49. The second-order valence-electron chi connectivity index (χ2n) is 5.49. The van der Waals surface area contributed by atoms with Gasteiger partial charge in [0.25, 0.3) is 0 Å². The normalized spacial score (nSPS) is 36.5. The topological polar surface area (TPSA) is 93.0 Å². The van der Waals surface area contributed by atoms with Crippen molar-refractivity contribution >= 4 is 0 Å². The van der Waals surface area contributed by atoms with E-state index in [9.17, 15) is 20.4 Å². The minimum absolute atomic E-state index is 0.435. The van der Waals surface area contributed by atoms with Crippen molar-refractivity contribution in [1.82, 2.24) is 5.31 Å². The van der Waals surface area contributed by atoms with Crippen LogP contribution in [0.15, 0.2) is 12.2 Å². The maximum atomic E-state index is 9.96. The summed E-state index contributed by atoms with van der Waals surface area (Å²) < 4.78 is 7.90. The monoisotopic (exact) mass is 288 g/mol. The van der Waals surface area contributed by atoms with Crippen LogP contribution in [0.25, 0.3) is 0 Å². The molecule has 0 aromatic heterocycles. The Bertz CT molecular complexity index is 316. The molecule has 1 rings (SSSR count). The molecule has 0 spiro atoms. The molecule has 5 nitrogen and oxygen atoms in total. The summed E-state index contributed by atoms with van der Waals surface area (Å²) in [5, 5.41) is 39.7. The van der Waals surface area contributed by atoms with Crippen molar-refractivity contribution in [3.63, 3.8) is 0 Å². The smallest absolute Gasteiger partial charge is 0.123 e. The summed E-state index contributed by atoms with van der Waals surface area (Å²) in [5.74, 6) is 0. The van der Waals surface area contributed by atoms with Gasteiger partial charge in [0.2, 0.25) is 0 Å². The Morgan fingerprint density at radius 2 is 1.75 bits per heavy atom. The molecule has 0 bridgehead atoms. The van der Waals surface area contributed by atoms with Gasteiger partial charge < -0.3 is 25.7 Å². The van der Waals surface area contributed by atoms with E-state index in [1.165, 1.54) is 19.3 Å². The summed E-state index contributed by atoms with van der Waals surface area (Å²) in [6.45, 7) is 1.74. The van der Waals surface area contributed by atoms with E-state index in [0.717, 1.165) is 24.6 Å². The number of aliphatic hydroxyl groups excluding tert-OH is 4. The molecule has 1 heterocycles. The van der Waals surface area contributed by atoms with E-state index in [0.29, 0.717) is 0 Å². The van der Waals surface area contributed by atoms with Gasteiger partial charge in [0.1, 0.15) is 13.6 Å². The quantitative estimate of drug-likeness (QED) is 0.328. The van der Waals surface area contributed by atoms with Crippen LogP contribution >= 0.6 is 0 Å². The Kier molecular flexibility index (Phi) is 7.54. The third-order valence-corrected chi connectivity index (χ3v) is 3.80. The SMILES string of the molecule is [2H]N1C(C=CCCCCCCC)[C@H](O)[C@@H](O)[C@H](O)[C@H]1CO. The number of rotatable bonds is 8. The van der Waals surface area contributed by atoms with Crippen molar-refractivity contribution in [2.45, 2.75) is 75.8 Å². The molecule has 1 aliphatic rings. The van der Waals surface area contributed by atoms with Crippen LogP contribution in [0.4, 0.5) is 0 Å². The van der Waals surface area contributed by atoms with Gasteiger partial charge >= 0.3 is 0 Å². The van der Waals surface area contributed by atoms with Crippen molar-refractivity contribution in [3.8, 4) is 0 Å². The highest BCUT2D eigenvalue weighted by atomic mass is 16.4. The van der Waals surface area contributed by atoms with Crippen molar-refractivity contribution in [2.24, 2.45) is 0 Å². The Morgan fingerprint density at radius 1 is 1.05 bits per heavy atom. The summed E-state index contributed by atoms with van der Waals surface area (Å²) in [6, 6.07) is -1.60. The largest absolute Gasteiger partial charge is 0.395 e. The lowest BCUT2D eigenvalue weighted by atomic mass is 9.90. The first-order chi connectivity index (χ1) is 10.0. The first-order valence-electron chi connectivity index (χ1n) is 8.08. The Balaban J connectivity index is 2.47. The molecular formula is C15H29NO4. The first kappa shape index (κ1) is 15.9. The number of unbranched alkanes of at least 4 members (excludes halogenated alkanes) is 5. The van der Waals surface area contributed by atoms with Crippen LogP contribution in [0, 0.1) is 0 Å². The highest BCUT2D eigenvalue weighted by Crippen LogP contribution is 2.17. The molecule has 0 saturated carbocycles. The van der Waals surface area contributed by atoms with Gasteiger partial charge in [0.05, 0.1) is 24.8 Å². The number of aliphatic hydroxyl groups is 4. The maximum absolute atomic E-state index is 9.96. The average molecular weight is 288 g/mol. The zero-order chi connectivity index (χ0) is 15.8. The van der Waals surface area contributed by atoms with E-state index < -0.39 is 37.0 Å². The van der Waals surface area contributed by atoms with Crippen molar-refractivity contribution < 1.29 is 21.8 Å². The molecule has 1 unspecified atom stereocenters. The summed E-state index contributed by atoms with van der Waals surface area (Å²) >= 11 is 0. The summed E-state index contributed by atoms with van der Waals surface area (Å²) in [5.41, 5.74) is 0. The maximum Gasteiger partial charge on any atom is 0.123 e. The zero-order valence-corrected chi connectivity index (χ0v) is 12.2. The first-order valence-corrected chi connectivity index (χ1v) is 7.63. The van der Waals surface area contributed by atoms with E-state index >= 15 is 0 Å². The number of allylic oxidation sites excluding steroid dienone is 1. The van der Waals surface area contributed by atoms with Gasteiger partial charge in [-0.1, -0.05) is 44.8 Å². The van der Waals surface area contributed by atoms with Gasteiger partial charge in [-0.05, 0) is 12.8 Å². The minimum Gasteiger partial charge on any atom is -0.395 e. The van der Waals surface area contributed by atoms with Crippen molar-refractivity contribution in [3.05, 3.63) is 12.2 Å². The fourth-order valence-electron chi connectivity index (χ4n) is 2.45. The zero-order valence-electron chi connectivity index (χ0n) is 13.2. The van der Waals surface area contributed by atoms with E-state index in [-0.39, 0.29) is 0 Å². The second kappa shape index (κ2) is 9.47. The summed E-state index contributed by atoms with van der Waals surface area (Å²) in [6.07, 6.45) is 6.47. The Labute approximate surface area is 122 Å². The van der Waals surface area contributed by atoms with Crippen LogP contribution in [0.3, 0.4) is 0 Å². The molecule has 1 aliphatic heterocycles. The Hall–Kier alpha value is -0.460. The molecule has 0 amide bonds.